The van der Waals surface area contributed by atoms with Crippen molar-refractivity contribution in [1.29, 1.82) is 0 Å². The van der Waals surface area contributed by atoms with E-state index in [0.717, 1.165) is 30.6 Å². The molecular formula is C21H28N4O3. The van der Waals surface area contributed by atoms with E-state index >= 15 is 0 Å². The molecule has 3 amide bonds. The molecule has 4 rings (SSSR count). The number of carbonyl (C=O) groups is 3. The molecule has 28 heavy (non-hydrogen) atoms. The maximum atomic E-state index is 13.1. The van der Waals surface area contributed by atoms with Gasteiger partial charge in [-0.15, -0.1) is 0 Å². The summed E-state index contributed by atoms with van der Waals surface area (Å²) in [5.41, 5.74) is 2.77. The minimum absolute atomic E-state index is 0.107. The van der Waals surface area contributed by atoms with Gasteiger partial charge >= 0.3 is 0 Å². The molecule has 2 atom stereocenters. The van der Waals surface area contributed by atoms with E-state index in [1.54, 1.807) is 4.90 Å². The second-order valence-corrected chi connectivity index (χ2v) is 8.62. The molecule has 3 N–H and O–H groups in total. The minimum atomic E-state index is -0.566. The Bertz CT molecular complexity index is 820. The van der Waals surface area contributed by atoms with Crippen LogP contribution in [0.25, 0.3) is 0 Å². The minimum Gasteiger partial charge on any atom is -0.322 e. The second kappa shape index (κ2) is 7.29. The molecule has 0 saturated carbocycles. The average molecular weight is 384 g/mol. The Morgan fingerprint density at radius 2 is 2.04 bits per heavy atom. The lowest BCUT2D eigenvalue weighted by Gasteiger charge is -2.29. The number of rotatable bonds is 5. The Morgan fingerprint density at radius 1 is 1.21 bits per heavy atom. The Kier molecular flexibility index (Phi) is 4.97. The Hall–Kier alpha value is -2.25. The van der Waals surface area contributed by atoms with Crippen molar-refractivity contribution in [3.8, 4) is 0 Å². The monoisotopic (exact) mass is 384 g/mol. The molecule has 0 bridgehead atoms. The fraction of sp³-hybridized carbons (Fsp3) is 0.571. The van der Waals surface area contributed by atoms with Gasteiger partial charge in [-0.25, -0.2) is 0 Å². The van der Waals surface area contributed by atoms with Gasteiger partial charge in [-0.1, -0.05) is 18.2 Å². The van der Waals surface area contributed by atoms with Crippen LogP contribution in [-0.2, 0) is 22.7 Å². The van der Waals surface area contributed by atoms with Crippen molar-refractivity contribution >= 4 is 17.7 Å². The number of hydrogen-bond donors (Lipinski definition) is 3. The first-order chi connectivity index (χ1) is 13.4. The third-order valence-electron chi connectivity index (χ3n) is 6.44. The molecule has 1 aromatic carbocycles. The van der Waals surface area contributed by atoms with Crippen molar-refractivity contribution < 1.29 is 14.4 Å². The van der Waals surface area contributed by atoms with Crippen molar-refractivity contribution in [3.05, 3.63) is 34.9 Å². The van der Waals surface area contributed by atoms with Crippen LogP contribution in [0, 0.1) is 5.92 Å². The first-order valence-electron chi connectivity index (χ1n) is 10.1. The van der Waals surface area contributed by atoms with E-state index in [4.69, 9.17) is 0 Å². The van der Waals surface area contributed by atoms with Gasteiger partial charge in [0.1, 0.15) is 6.04 Å². The predicted molar refractivity (Wildman–Crippen MR) is 104 cm³/mol. The zero-order valence-electron chi connectivity index (χ0n) is 16.5. The Labute approximate surface area is 165 Å². The highest BCUT2D eigenvalue weighted by Crippen LogP contribution is 2.30. The van der Waals surface area contributed by atoms with E-state index in [-0.39, 0.29) is 29.7 Å². The van der Waals surface area contributed by atoms with Crippen molar-refractivity contribution in [1.82, 2.24) is 20.9 Å². The number of carbonyl (C=O) groups excluding carboxylic acids is 3. The zero-order chi connectivity index (χ0) is 19.9. The van der Waals surface area contributed by atoms with Crippen LogP contribution in [0.5, 0.6) is 0 Å². The molecule has 7 heteroatoms. The summed E-state index contributed by atoms with van der Waals surface area (Å²) in [6.07, 6.45) is 1.81. The molecule has 0 aromatic heterocycles. The summed E-state index contributed by atoms with van der Waals surface area (Å²) in [5, 5.41) is 9.41. The van der Waals surface area contributed by atoms with Crippen LogP contribution < -0.4 is 16.0 Å². The van der Waals surface area contributed by atoms with E-state index in [9.17, 15) is 14.4 Å². The third-order valence-corrected chi connectivity index (χ3v) is 6.44. The summed E-state index contributed by atoms with van der Waals surface area (Å²) in [4.78, 5) is 38.3. The molecule has 7 nitrogen and oxygen atoms in total. The van der Waals surface area contributed by atoms with E-state index in [0.29, 0.717) is 31.0 Å². The molecule has 3 aliphatic heterocycles. The van der Waals surface area contributed by atoms with Crippen molar-refractivity contribution in [2.24, 2.45) is 5.92 Å². The van der Waals surface area contributed by atoms with Gasteiger partial charge in [0, 0.05) is 37.2 Å². The molecule has 2 unspecified atom stereocenters. The van der Waals surface area contributed by atoms with Crippen LogP contribution >= 0.6 is 0 Å². The Morgan fingerprint density at radius 3 is 2.75 bits per heavy atom. The van der Waals surface area contributed by atoms with Gasteiger partial charge in [0.15, 0.2) is 0 Å². The van der Waals surface area contributed by atoms with Crippen LogP contribution in [0.1, 0.15) is 54.6 Å². The van der Waals surface area contributed by atoms with Crippen LogP contribution in [-0.4, -0.2) is 47.3 Å². The van der Waals surface area contributed by atoms with Crippen LogP contribution in [0.15, 0.2) is 18.2 Å². The molecule has 150 valence electrons. The summed E-state index contributed by atoms with van der Waals surface area (Å²) < 4.78 is 0. The van der Waals surface area contributed by atoms with Crippen LogP contribution in [0.4, 0.5) is 0 Å². The summed E-state index contributed by atoms with van der Waals surface area (Å²) in [5.74, 6) is -0.183. The quantitative estimate of drug-likeness (QED) is 0.657. The fourth-order valence-electron chi connectivity index (χ4n) is 4.65. The molecule has 3 aliphatic rings. The number of piperidine rings is 1. The van der Waals surface area contributed by atoms with Gasteiger partial charge in [-0.2, -0.15) is 0 Å². The highest BCUT2D eigenvalue weighted by molar-refractivity contribution is 6.05. The summed E-state index contributed by atoms with van der Waals surface area (Å²) >= 11 is 0. The summed E-state index contributed by atoms with van der Waals surface area (Å²) in [6.45, 7) is 7.45. The molecule has 2 saturated heterocycles. The zero-order valence-corrected chi connectivity index (χ0v) is 16.5. The number of hydrogen-bond acceptors (Lipinski definition) is 5. The van der Waals surface area contributed by atoms with E-state index < -0.39 is 6.04 Å². The highest BCUT2D eigenvalue weighted by atomic mass is 16.2. The van der Waals surface area contributed by atoms with Crippen LogP contribution in [0.2, 0.25) is 0 Å². The number of nitrogens with one attached hydrogen (secondary N) is 3. The highest BCUT2D eigenvalue weighted by Gasteiger charge is 2.40. The normalized spacial score (nSPS) is 26.5. The average Bonchev–Trinajstić information content (AvgIpc) is 3.15. The largest absolute Gasteiger partial charge is 0.322 e. The standard InChI is InChI=1S/C21H28N4O3/c1-21(2)15(8-9-23-21)11-22-10-13-4-3-5-14-12-25(20(28)18(13)14)16-6-7-17(26)24-19(16)27/h3-5,15-16,22-23H,6-12H2,1-2H3,(H,24,26,27). The van der Waals surface area contributed by atoms with Gasteiger partial charge in [0.05, 0.1) is 0 Å². The van der Waals surface area contributed by atoms with Crippen molar-refractivity contribution in [2.75, 3.05) is 13.1 Å². The maximum Gasteiger partial charge on any atom is 0.255 e. The number of nitrogens with zero attached hydrogens (tertiary/aromatic N) is 1. The lowest BCUT2D eigenvalue weighted by atomic mass is 9.89. The van der Waals surface area contributed by atoms with Crippen molar-refractivity contribution in [2.45, 2.75) is 57.8 Å². The van der Waals surface area contributed by atoms with E-state index in [2.05, 4.69) is 29.8 Å². The third kappa shape index (κ3) is 3.44. The topological polar surface area (TPSA) is 90.5 Å². The molecule has 0 radical (unpaired) electrons. The lowest BCUT2D eigenvalue weighted by Crippen LogP contribution is -2.52. The predicted octanol–water partition coefficient (Wildman–Crippen LogP) is 0.925. The molecule has 0 spiro atoms. The van der Waals surface area contributed by atoms with E-state index in [1.165, 1.54) is 0 Å². The molecular weight excluding hydrogens is 356 g/mol. The fourth-order valence-corrected chi connectivity index (χ4v) is 4.65. The first-order valence-corrected chi connectivity index (χ1v) is 10.1. The van der Waals surface area contributed by atoms with E-state index in [1.807, 2.05) is 18.2 Å². The molecule has 3 heterocycles. The van der Waals surface area contributed by atoms with Gasteiger partial charge in [0.2, 0.25) is 11.8 Å². The van der Waals surface area contributed by atoms with Gasteiger partial charge in [0.25, 0.3) is 5.91 Å². The summed E-state index contributed by atoms with van der Waals surface area (Å²) in [6, 6.07) is 5.34. The maximum absolute atomic E-state index is 13.1. The molecule has 0 aliphatic carbocycles. The van der Waals surface area contributed by atoms with Gasteiger partial charge < -0.3 is 15.5 Å². The van der Waals surface area contributed by atoms with Crippen LogP contribution in [0.3, 0.4) is 0 Å². The summed E-state index contributed by atoms with van der Waals surface area (Å²) in [7, 11) is 0. The lowest BCUT2D eigenvalue weighted by molar-refractivity contribution is -0.136. The number of amides is 3. The first kappa shape index (κ1) is 19.1. The Balaban J connectivity index is 1.45. The molecule has 2 fully saturated rings. The SMILES string of the molecule is CC1(C)NCCC1CNCc1cccc2c1C(=O)N(C1CCC(=O)NC1=O)C2. The van der Waals surface area contributed by atoms with Gasteiger partial charge in [-0.05, 0) is 50.3 Å². The number of benzene rings is 1. The second-order valence-electron chi connectivity index (χ2n) is 8.62. The molecule has 1 aromatic rings. The number of fused-ring (bicyclic) bond motifs is 1. The van der Waals surface area contributed by atoms with Crippen molar-refractivity contribution in [3.63, 3.8) is 0 Å². The van der Waals surface area contributed by atoms with Gasteiger partial charge in [-0.3, -0.25) is 19.7 Å². The number of imide groups is 1. The smallest absolute Gasteiger partial charge is 0.255 e.